The van der Waals surface area contributed by atoms with Gasteiger partial charge in [0.05, 0.1) is 13.0 Å². The van der Waals surface area contributed by atoms with Crippen LogP contribution in [0.3, 0.4) is 0 Å². The summed E-state index contributed by atoms with van der Waals surface area (Å²) >= 11 is 0. The summed E-state index contributed by atoms with van der Waals surface area (Å²) in [5, 5.41) is 21.2. The van der Waals surface area contributed by atoms with Gasteiger partial charge in [-0.05, 0) is 77.4 Å². The maximum Gasteiger partial charge on any atom is 0.420 e. The van der Waals surface area contributed by atoms with Gasteiger partial charge in [0.25, 0.3) is 5.91 Å². The molecule has 0 radical (unpaired) electrons. The van der Waals surface area contributed by atoms with Gasteiger partial charge in [-0.25, -0.2) is 4.79 Å². The maximum atomic E-state index is 13.3. The number of aromatic hydroxyl groups is 1. The van der Waals surface area contributed by atoms with Gasteiger partial charge in [0, 0.05) is 23.5 Å². The number of carbonyl (C=O) groups is 3. The topological polar surface area (TPSA) is 142 Å². The second-order valence-electron chi connectivity index (χ2n) is 8.72. The number of benzene rings is 4. The molecule has 0 unspecified atom stereocenters. The average Bonchev–Trinajstić information content (AvgIpc) is 2.92. The van der Waals surface area contributed by atoms with Crippen molar-refractivity contribution in [3.8, 4) is 22.6 Å². The predicted octanol–water partition coefficient (Wildman–Crippen LogP) is 5.05. The summed E-state index contributed by atoms with van der Waals surface area (Å²) in [5.41, 5.74) is 9.78. The zero-order valence-corrected chi connectivity index (χ0v) is 20.9. The molecule has 0 aliphatic heterocycles. The molecule has 9 heteroatoms. The fraction of sp³-hybridized carbons (Fsp3) is 0.100. The lowest BCUT2D eigenvalue weighted by atomic mass is 10.1. The third-order valence-electron chi connectivity index (χ3n) is 5.84. The third kappa shape index (κ3) is 7.36. The number of rotatable bonds is 9. The molecule has 0 aliphatic carbocycles. The van der Waals surface area contributed by atoms with E-state index < -0.39 is 18.0 Å². The van der Waals surface area contributed by atoms with Crippen LogP contribution in [0.5, 0.6) is 11.5 Å². The van der Waals surface area contributed by atoms with Gasteiger partial charge in [0.1, 0.15) is 11.5 Å². The van der Waals surface area contributed by atoms with E-state index in [0.717, 1.165) is 11.1 Å². The highest BCUT2D eigenvalue weighted by atomic mass is 16.6. The zero-order valence-electron chi connectivity index (χ0n) is 20.9. The van der Waals surface area contributed by atoms with E-state index in [4.69, 9.17) is 15.6 Å². The van der Waals surface area contributed by atoms with E-state index in [-0.39, 0.29) is 25.3 Å². The number of phenolic OH excluding ortho intramolecular Hbond substituents is 1. The highest BCUT2D eigenvalue weighted by Crippen LogP contribution is 2.26. The minimum Gasteiger partial charge on any atom is -0.508 e. The van der Waals surface area contributed by atoms with Gasteiger partial charge < -0.3 is 26.0 Å². The van der Waals surface area contributed by atoms with Crippen LogP contribution in [0.4, 0.5) is 16.2 Å². The van der Waals surface area contributed by atoms with E-state index in [1.165, 1.54) is 23.1 Å². The van der Waals surface area contributed by atoms with Crippen molar-refractivity contribution in [1.82, 2.24) is 5.32 Å². The highest BCUT2D eigenvalue weighted by molar-refractivity contribution is 5.95. The van der Waals surface area contributed by atoms with Gasteiger partial charge in [0.2, 0.25) is 0 Å². The predicted molar refractivity (Wildman–Crippen MR) is 148 cm³/mol. The number of carbonyl (C=O) groups excluding carboxylic acids is 2. The van der Waals surface area contributed by atoms with Crippen LogP contribution in [-0.2, 0) is 11.3 Å². The van der Waals surface area contributed by atoms with Crippen molar-refractivity contribution in [2.45, 2.75) is 13.0 Å². The smallest absolute Gasteiger partial charge is 0.420 e. The van der Waals surface area contributed by atoms with E-state index in [9.17, 15) is 19.5 Å². The molecule has 0 fully saturated rings. The molecule has 2 amide bonds. The average molecular weight is 526 g/mol. The van der Waals surface area contributed by atoms with Gasteiger partial charge in [-0.2, -0.15) is 0 Å². The quantitative estimate of drug-likeness (QED) is 0.224. The van der Waals surface area contributed by atoms with Crippen LogP contribution < -0.4 is 20.7 Å². The lowest BCUT2D eigenvalue weighted by Gasteiger charge is -2.23. The Hall–Kier alpha value is -5.31. The second kappa shape index (κ2) is 12.3. The first kappa shape index (κ1) is 26.7. The second-order valence-corrected chi connectivity index (χ2v) is 8.72. The molecule has 4 aromatic carbocycles. The van der Waals surface area contributed by atoms with Gasteiger partial charge in [-0.3, -0.25) is 14.5 Å². The number of phenols is 1. The lowest BCUT2D eigenvalue weighted by molar-refractivity contribution is -0.136. The van der Waals surface area contributed by atoms with Crippen molar-refractivity contribution in [3.63, 3.8) is 0 Å². The summed E-state index contributed by atoms with van der Waals surface area (Å²) < 4.78 is 5.67. The van der Waals surface area contributed by atoms with Crippen molar-refractivity contribution >= 4 is 29.3 Å². The number of anilines is 2. The molecule has 9 nitrogen and oxygen atoms in total. The van der Waals surface area contributed by atoms with Gasteiger partial charge in [-0.1, -0.05) is 36.4 Å². The number of nitrogen functional groups attached to an aromatic ring is 1. The number of carboxylic acids is 1. The van der Waals surface area contributed by atoms with Gasteiger partial charge >= 0.3 is 12.1 Å². The zero-order chi connectivity index (χ0) is 27.8. The molecule has 0 aliphatic rings. The summed E-state index contributed by atoms with van der Waals surface area (Å²) in [4.78, 5) is 37.7. The van der Waals surface area contributed by atoms with E-state index in [1.807, 2.05) is 36.4 Å². The van der Waals surface area contributed by atoms with Gasteiger partial charge in [0.15, 0.2) is 0 Å². The molecule has 0 spiro atoms. The molecular weight excluding hydrogens is 498 g/mol. The van der Waals surface area contributed by atoms with Crippen molar-refractivity contribution in [2.75, 3.05) is 17.2 Å². The first-order valence-electron chi connectivity index (χ1n) is 12.1. The minimum atomic E-state index is -1.01. The Labute approximate surface area is 225 Å². The van der Waals surface area contributed by atoms with Crippen molar-refractivity contribution in [2.24, 2.45) is 0 Å². The molecule has 0 saturated carbocycles. The Morgan fingerprint density at radius 1 is 0.846 bits per heavy atom. The van der Waals surface area contributed by atoms with Crippen molar-refractivity contribution in [3.05, 3.63) is 108 Å². The Morgan fingerprint density at radius 3 is 2.10 bits per heavy atom. The molecule has 4 aromatic rings. The maximum absolute atomic E-state index is 13.3. The molecular formula is C30H27N3O6. The number of nitrogens with zero attached hydrogens (tertiary/aromatic N) is 1. The van der Waals surface area contributed by atoms with Crippen LogP contribution in [0.25, 0.3) is 11.1 Å². The summed E-state index contributed by atoms with van der Waals surface area (Å²) in [7, 11) is 0. The van der Waals surface area contributed by atoms with E-state index in [1.54, 1.807) is 42.5 Å². The SMILES string of the molecule is Nc1ccc(-c2ccc(OC(=O)N(Cc3cccc(O)c3)c3ccc(C(=O)NCCC(=O)O)cc3)cc2)cc1. The largest absolute Gasteiger partial charge is 0.508 e. The number of hydrogen-bond donors (Lipinski definition) is 4. The molecule has 0 saturated heterocycles. The highest BCUT2D eigenvalue weighted by Gasteiger charge is 2.20. The van der Waals surface area contributed by atoms with Crippen LogP contribution in [0.2, 0.25) is 0 Å². The number of aliphatic carboxylic acids is 1. The molecule has 0 aromatic heterocycles. The standard InChI is InChI=1S/C30H27N3O6/c31-24-10-4-21(5-11-24)22-8-14-27(15-9-22)39-30(38)33(19-20-2-1-3-26(34)18-20)25-12-6-23(7-13-25)29(37)32-17-16-28(35)36/h1-15,18,34H,16-17,19,31H2,(H,32,37)(H,35,36). The molecule has 5 N–H and O–H groups in total. The summed E-state index contributed by atoms with van der Waals surface area (Å²) in [6, 6.07) is 27.3. The van der Waals surface area contributed by atoms with E-state index >= 15 is 0 Å². The normalized spacial score (nSPS) is 10.5. The number of amides is 2. The molecule has 0 heterocycles. The van der Waals surface area contributed by atoms with Crippen molar-refractivity contribution in [1.29, 1.82) is 0 Å². The monoisotopic (exact) mass is 525 g/mol. The number of carboxylic acid groups (broad SMARTS) is 1. The number of nitrogens with two attached hydrogens (primary N) is 1. The fourth-order valence-corrected chi connectivity index (χ4v) is 3.82. The van der Waals surface area contributed by atoms with E-state index in [0.29, 0.717) is 28.3 Å². The number of hydrogen-bond acceptors (Lipinski definition) is 6. The number of nitrogens with one attached hydrogen (secondary N) is 1. The first-order valence-corrected chi connectivity index (χ1v) is 12.1. The van der Waals surface area contributed by atoms with E-state index in [2.05, 4.69) is 5.32 Å². The number of ether oxygens (including phenoxy) is 1. The van der Waals surface area contributed by atoms with Crippen LogP contribution in [-0.4, -0.2) is 34.7 Å². The van der Waals surface area contributed by atoms with Crippen LogP contribution in [0.1, 0.15) is 22.3 Å². The molecule has 0 bridgehead atoms. The summed E-state index contributed by atoms with van der Waals surface area (Å²) in [6.07, 6.45) is -0.842. The molecule has 4 rings (SSSR count). The van der Waals surface area contributed by atoms with Crippen LogP contribution >= 0.6 is 0 Å². The Bertz CT molecular complexity index is 1450. The fourth-order valence-electron chi connectivity index (χ4n) is 3.82. The molecule has 0 atom stereocenters. The van der Waals surface area contributed by atoms with Gasteiger partial charge in [-0.15, -0.1) is 0 Å². The summed E-state index contributed by atoms with van der Waals surface area (Å²) in [6.45, 7) is 0.101. The van der Waals surface area contributed by atoms with Crippen molar-refractivity contribution < 1.29 is 29.3 Å². The van der Waals surface area contributed by atoms with Crippen LogP contribution in [0.15, 0.2) is 97.1 Å². The Balaban J connectivity index is 1.52. The Kier molecular flexibility index (Phi) is 8.43. The molecule has 198 valence electrons. The first-order chi connectivity index (χ1) is 18.8. The Morgan fingerprint density at radius 2 is 1.49 bits per heavy atom. The third-order valence-corrected chi connectivity index (χ3v) is 5.84. The molecule has 39 heavy (non-hydrogen) atoms. The lowest BCUT2D eigenvalue weighted by Crippen LogP contribution is -2.33. The van der Waals surface area contributed by atoms with Crippen LogP contribution in [0, 0.1) is 0 Å². The summed E-state index contributed by atoms with van der Waals surface area (Å²) in [5.74, 6) is -1.03. The minimum absolute atomic E-state index is 0.00296.